The van der Waals surface area contributed by atoms with Gasteiger partial charge in [0, 0.05) is 46.1 Å². The number of rotatable bonds is 2. The Morgan fingerprint density at radius 2 is 1.09 bits per heavy atom. The van der Waals surface area contributed by atoms with Crippen molar-refractivity contribution in [1.29, 1.82) is 0 Å². The van der Waals surface area contributed by atoms with Crippen LogP contribution >= 0.6 is 0 Å². The first kappa shape index (κ1) is 17.3. The van der Waals surface area contributed by atoms with Crippen LogP contribution < -0.4 is 0 Å². The van der Waals surface area contributed by atoms with Gasteiger partial charge in [0.25, 0.3) is 0 Å². The van der Waals surface area contributed by atoms with Gasteiger partial charge in [-0.2, -0.15) is 0 Å². The predicted molar refractivity (Wildman–Crippen MR) is 131 cm³/mol. The highest BCUT2D eigenvalue weighted by atomic mass is 15.1. The largest absolute Gasteiger partial charge is 0.307 e. The van der Waals surface area contributed by atoms with E-state index in [0.717, 1.165) is 44.2 Å². The molecule has 0 atom stereocenters. The average molecular weight is 410 g/mol. The molecule has 4 nitrogen and oxygen atoms in total. The van der Waals surface area contributed by atoms with Gasteiger partial charge in [0.2, 0.25) is 0 Å². The minimum atomic E-state index is 1.00. The molecule has 0 saturated carbocycles. The zero-order chi connectivity index (χ0) is 21.1. The van der Waals surface area contributed by atoms with Gasteiger partial charge in [-0.25, -0.2) is 0 Å². The molecule has 150 valence electrons. The molecule has 3 aromatic carbocycles. The molecule has 7 aromatic rings. The number of hydrogen-bond donors (Lipinski definition) is 0. The molecule has 0 saturated heterocycles. The quantitative estimate of drug-likeness (QED) is 0.319. The van der Waals surface area contributed by atoms with Crippen LogP contribution in [-0.2, 0) is 0 Å². The number of hydrogen-bond acceptors (Lipinski definition) is 2. The molecule has 0 aliphatic carbocycles. The lowest BCUT2D eigenvalue weighted by atomic mass is 10.2. The molecule has 0 spiro atoms. The Hall–Kier alpha value is -4.44. The van der Waals surface area contributed by atoms with Gasteiger partial charge in [0.05, 0.1) is 27.6 Å². The first-order valence-electron chi connectivity index (χ1n) is 10.7. The van der Waals surface area contributed by atoms with Gasteiger partial charge in [-0.05, 0) is 36.4 Å². The Morgan fingerprint density at radius 1 is 0.500 bits per heavy atom. The third kappa shape index (κ3) is 2.26. The normalized spacial score (nSPS) is 11.8. The summed E-state index contributed by atoms with van der Waals surface area (Å²) in [5.74, 6) is 0. The van der Waals surface area contributed by atoms with Crippen LogP contribution in [0.5, 0.6) is 0 Å². The smallest absolute Gasteiger partial charge is 0.0985 e. The third-order valence-electron chi connectivity index (χ3n) is 6.24. The summed E-state index contributed by atoms with van der Waals surface area (Å²) < 4.78 is 4.69. The fraction of sp³-hybridized carbons (Fsp3) is 0. The molecule has 0 N–H and O–H groups in total. The topological polar surface area (TPSA) is 35.6 Å². The molecule has 0 radical (unpaired) electrons. The maximum absolute atomic E-state index is 4.99. The van der Waals surface area contributed by atoms with Crippen molar-refractivity contribution >= 4 is 43.7 Å². The number of aromatic nitrogens is 4. The minimum absolute atomic E-state index is 1.00. The summed E-state index contributed by atoms with van der Waals surface area (Å²) in [6.07, 6.45) is 5.72. The Bertz CT molecular complexity index is 1630. The van der Waals surface area contributed by atoms with Crippen molar-refractivity contribution in [2.75, 3.05) is 0 Å². The first-order valence-corrected chi connectivity index (χ1v) is 10.7. The molecule has 0 aliphatic rings. The van der Waals surface area contributed by atoms with Crippen molar-refractivity contribution in [2.24, 2.45) is 0 Å². The molecule has 0 unspecified atom stereocenters. The molecule has 4 heterocycles. The second kappa shape index (κ2) is 6.53. The van der Waals surface area contributed by atoms with E-state index in [9.17, 15) is 0 Å². The zero-order valence-electron chi connectivity index (χ0n) is 17.2. The molecule has 0 amide bonds. The maximum Gasteiger partial charge on any atom is 0.0985 e. The van der Waals surface area contributed by atoms with E-state index in [-0.39, 0.29) is 0 Å². The lowest BCUT2D eigenvalue weighted by Gasteiger charge is -2.11. The van der Waals surface area contributed by atoms with Crippen molar-refractivity contribution in [3.8, 4) is 11.4 Å². The van der Waals surface area contributed by atoms with Crippen LogP contribution in [0, 0.1) is 0 Å². The van der Waals surface area contributed by atoms with Gasteiger partial charge in [-0.1, -0.05) is 54.6 Å². The molecule has 0 fully saturated rings. The number of benzene rings is 3. The van der Waals surface area contributed by atoms with Crippen molar-refractivity contribution in [2.45, 2.75) is 0 Å². The van der Waals surface area contributed by atoms with E-state index in [0.29, 0.717) is 0 Å². The summed E-state index contributed by atoms with van der Waals surface area (Å²) in [7, 11) is 0. The summed E-state index contributed by atoms with van der Waals surface area (Å²) in [6, 6.07) is 31.7. The third-order valence-corrected chi connectivity index (χ3v) is 6.24. The van der Waals surface area contributed by atoms with E-state index in [2.05, 4.69) is 105 Å². The lowest BCUT2D eigenvalue weighted by Crippen LogP contribution is -1.99. The van der Waals surface area contributed by atoms with Crippen LogP contribution in [0.4, 0.5) is 0 Å². The van der Waals surface area contributed by atoms with E-state index in [1.165, 1.54) is 10.9 Å². The van der Waals surface area contributed by atoms with Gasteiger partial charge in [-0.3, -0.25) is 9.97 Å². The lowest BCUT2D eigenvalue weighted by molar-refractivity contribution is 1.13. The first-order chi connectivity index (χ1) is 15.9. The Labute approximate surface area is 184 Å². The highest BCUT2D eigenvalue weighted by molar-refractivity contribution is 6.22. The maximum atomic E-state index is 4.99. The molecule has 7 rings (SSSR count). The van der Waals surface area contributed by atoms with Gasteiger partial charge in [-0.15, -0.1) is 0 Å². The second-order valence-corrected chi connectivity index (χ2v) is 7.96. The molecular formula is C28H18N4. The second-order valence-electron chi connectivity index (χ2n) is 7.96. The average Bonchev–Trinajstić information content (AvgIpc) is 3.38. The van der Waals surface area contributed by atoms with E-state index in [1.807, 2.05) is 18.6 Å². The van der Waals surface area contributed by atoms with Crippen molar-refractivity contribution in [1.82, 2.24) is 19.1 Å². The molecule has 0 aliphatic heterocycles. The van der Waals surface area contributed by atoms with Crippen LogP contribution in [0.2, 0.25) is 0 Å². The van der Waals surface area contributed by atoms with E-state index in [4.69, 9.17) is 4.98 Å². The number of pyridine rings is 2. The summed E-state index contributed by atoms with van der Waals surface area (Å²) in [5.41, 5.74) is 7.80. The van der Waals surface area contributed by atoms with E-state index < -0.39 is 0 Å². The van der Waals surface area contributed by atoms with Gasteiger partial charge < -0.3 is 9.13 Å². The van der Waals surface area contributed by atoms with Crippen molar-refractivity contribution in [3.63, 3.8) is 0 Å². The molecule has 0 bridgehead atoms. The van der Waals surface area contributed by atoms with Crippen LogP contribution in [-0.4, -0.2) is 19.1 Å². The highest BCUT2D eigenvalue weighted by Gasteiger charge is 2.21. The van der Waals surface area contributed by atoms with Crippen LogP contribution in [0.15, 0.2) is 110 Å². The summed E-state index contributed by atoms with van der Waals surface area (Å²) in [6.45, 7) is 0. The Balaban J connectivity index is 1.81. The van der Waals surface area contributed by atoms with Crippen LogP contribution in [0.3, 0.4) is 0 Å². The van der Waals surface area contributed by atoms with Crippen molar-refractivity contribution < 1.29 is 0 Å². The Morgan fingerprint density at radius 3 is 1.88 bits per heavy atom. The fourth-order valence-corrected chi connectivity index (χ4v) is 4.94. The van der Waals surface area contributed by atoms with Gasteiger partial charge >= 0.3 is 0 Å². The Kier molecular flexibility index (Phi) is 3.52. The SMILES string of the molecule is c1ccc(-n2c3ccccc3c3cnc4c5ccccc5n(-c5ccncc5)c4c32)cc1. The number of nitrogens with zero attached hydrogens (tertiary/aromatic N) is 4. The standard InChI is InChI=1S/C28H18N4/c1-2-8-19(9-3-1)31-24-12-6-4-10-21(24)23-18-30-26-22-11-5-7-13-25(22)32(28(26)27(23)31)20-14-16-29-17-15-20/h1-18H. The molecule has 32 heavy (non-hydrogen) atoms. The van der Waals surface area contributed by atoms with Crippen LogP contribution in [0.25, 0.3) is 55.1 Å². The number of fused-ring (bicyclic) bond motifs is 7. The minimum Gasteiger partial charge on any atom is -0.307 e. The van der Waals surface area contributed by atoms with Gasteiger partial charge in [0.15, 0.2) is 0 Å². The fourth-order valence-electron chi connectivity index (χ4n) is 4.94. The monoisotopic (exact) mass is 410 g/mol. The molecule has 4 aromatic heterocycles. The number of para-hydroxylation sites is 3. The van der Waals surface area contributed by atoms with Crippen LogP contribution in [0.1, 0.15) is 0 Å². The molecule has 4 heteroatoms. The van der Waals surface area contributed by atoms with Crippen molar-refractivity contribution in [3.05, 3.63) is 110 Å². The summed E-state index contributed by atoms with van der Waals surface area (Å²) in [4.78, 5) is 9.23. The predicted octanol–water partition coefficient (Wildman–Crippen LogP) is 6.67. The highest BCUT2D eigenvalue weighted by Crippen LogP contribution is 2.40. The molecular weight excluding hydrogens is 392 g/mol. The van der Waals surface area contributed by atoms with Gasteiger partial charge in [0.1, 0.15) is 0 Å². The van der Waals surface area contributed by atoms with E-state index >= 15 is 0 Å². The summed E-state index contributed by atoms with van der Waals surface area (Å²) >= 11 is 0. The zero-order valence-corrected chi connectivity index (χ0v) is 17.2. The summed E-state index contributed by atoms with van der Waals surface area (Å²) in [5, 5.41) is 3.49. The van der Waals surface area contributed by atoms with E-state index in [1.54, 1.807) is 0 Å².